The Morgan fingerprint density at radius 3 is 2.66 bits per heavy atom. The van der Waals surface area contributed by atoms with Gasteiger partial charge in [-0.3, -0.25) is 14.0 Å². The zero-order chi connectivity index (χ0) is 20.2. The van der Waals surface area contributed by atoms with Crippen molar-refractivity contribution in [2.24, 2.45) is 0 Å². The lowest BCUT2D eigenvalue weighted by Crippen LogP contribution is -2.32. The number of benzene rings is 2. The molecule has 4 aromatic rings. The van der Waals surface area contributed by atoms with E-state index in [1.807, 2.05) is 61.5 Å². The largest absolute Gasteiger partial charge is 0.351 e. The van der Waals surface area contributed by atoms with Crippen LogP contribution in [0.3, 0.4) is 0 Å². The number of fused-ring (bicyclic) bond motifs is 1. The Labute approximate surface area is 172 Å². The lowest BCUT2D eigenvalue weighted by molar-refractivity contribution is 0.0952. The molecule has 0 unspecified atom stereocenters. The van der Waals surface area contributed by atoms with Crippen LogP contribution in [0.5, 0.6) is 0 Å². The highest BCUT2D eigenvalue weighted by molar-refractivity contribution is 7.17. The third-order valence-corrected chi connectivity index (χ3v) is 5.86. The highest BCUT2D eigenvalue weighted by Gasteiger charge is 2.15. The number of hydrogen-bond acceptors (Lipinski definition) is 4. The van der Waals surface area contributed by atoms with E-state index in [2.05, 4.69) is 10.3 Å². The minimum atomic E-state index is -0.388. The van der Waals surface area contributed by atoms with E-state index in [9.17, 15) is 9.59 Å². The second-order valence-electron chi connectivity index (χ2n) is 6.92. The third kappa shape index (κ3) is 4.27. The molecule has 146 valence electrons. The fraction of sp³-hybridized carbons (Fsp3) is 0.174. The number of rotatable bonds is 6. The molecule has 0 saturated heterocycles. The quantitative estimate of drug-likeness (QED) is 0.535. The molecule has 0 aliphatic carbocycles. The summed E-state index contributed by atoms with van der Waals surface area (Å²) < 4.78 is 1.47. The van der Waals surface area contributed by atoms with Gasteiger partial charge in [0.15, 0.2) is 4.96 Å². The van der Waals surface area contributed by atoms with Crippen LogP contribution in [0.15, 0.2) is 71.8 Å². The Kier molecular flexibility index (Phi) is 5.53. The van der Waals surface area contributed by atoms with Gasteiger partial charge in [0.05, 0.1) is 0 Å². The highest BCUT2D eigenvalue weighted by atomic mass is 32.1. The summed E-state index contributed by atoms with van der Waals surface area (Å²) in [6.07, 6.45) is 4.61. The Morgan fingerprint density at radius 1 is 1.10 bits per heavy atom. The summed E-state index contributed by atoms with van der Waals surface area (Å²) in [6.45, 7) is 2.51. The SMILES string of the molecule is Cc1ccccc1CCNC(=O)c1cnc2sc(Cc3ccccc3)cn2c1=O. The van der Waals surface area contributed by atoms with Crippen LogP contribution >= 0.6 is 11.3 Å². The number of aryl methyl sites for hydroxylation is 1. The zero-order valence-electron chi connectivity index (χ0n) is 16.1. The van der Waals surface area contributed by atoms with Gasteiger partial charge in [-0.1, -0.05) is 54.6 Å². The third-order valence-electron chi connectivity index (χ3n) is 4.86. The van der Waals surface area contributed by atoms with Gasteiger partial charge in [0, 0.05) is 30.2 Å². The monoisotopic (exact) mass is 403 g/mol. The molecule has 1 N–H and O–H groups in total. The van der Waals surface area contributed by atoms with Gasteiger partial charge in [-0.25, -0.2) is 4.98 Å². The number of aromatic nitrogens is 2. The van der Waals surface area contributed by atoms with Gasteiger partial charge < -0.3 is 5.32 Å². The summed E-state index contributed by atoms with van der Waals surface area (Å²) in [6, 6.07) is 18.1. The molecule has 0 spiro atoms. The summed E-state index contributed by atoms with van der Waals surface area (Å²) >= 11 is 1.46. The van der Waals surface area contributed by atoms with Gasteiger partial charge in [-0.15, -0.1) is 11.3 Å². The summed E-state index contributed by atoms with van der Waals surface area (Å²) in [7, 11) is 0. The Balaban J connectivity index is 1.48. The molecule has 0 aliphatic heterocycles. The molecule has 2 aromatic heterocycles. The standard InChI is InChI=1S/C23H21N3O2S/c1-16-7-5-6-10-18(16)11-12-24-21(27)20-14-25-23-26(22(20)28)15-19(29-23)13-17-8-3-2-4-9-17/h2-10,14-15H,11-13H2,1H3,(H,24,27). The van der Waals surface area contributed by atoms with E-state index < -0.39 is 0 Å². The van der Waals surface area contributed by atoms with Crippen molar-refractivity contribution in [2.45, 2.75) is 19.8 Å². The molecular formula is C23H21N3O2S. The van der Waals surface area contributed by atoms with E-state index in [-0.39, 0.29) is 17.0 Å². The first-order valence-corrected chi connectivity index (χ1v) is 10.3. The Bertz CT molecular complexity index is 1210. The molecule has 0 bridgehead atoms. The van der Waals surface area contributed by atoms with Crippen molar-refractivity contribution < 1.29 is 4.79 Å². The topological polar surface area (TPSA) is 63.5 Å². The van der Waals surface area contributed by atoms with E-state index in [4.69, 9.17) is 0 Å². The van der Waals surface area contributed by atoms with Gasteiger partial charge in [0.1, 0.15) is 5.56 Å². The minimum absolute atomic E-state index is 0.0661. The molecule has 2 heterocycles. The molecule has 4 rings (SSSR count). The minimum Gasteiger partial charge on any atom is -0.351 e. The number of amides is 1. The average molecular weight is 404 g/mol. The second-order valence-corrected chi connectivity index (χ2v) is 8.02. The highest BCUT2D eigenvalue weighted by Crippen LogP contribution is 2.18. The molecule has 0 aliphatic rings. The van der Waals surface area contributed by atoms with Crippen molar-refractivity contribution in [3.05, 3.63) is 104 Å². The van der Waals surface area contributed by atoms with E-state index in [0.717, 1.165) is 17.7 Å². The van der Waals surface area contributed by atoms with E-state index in [1.165, 1.54) is 38.6 Å². The smallest absolute Gasteiger partial charge is 0.271 e. The first-order valence-electron chi connectivity index (χ1n) is 9.48. The molecule has 0 atom stereocenters. The summed E-state index contributed by atoms with van der Waals surface area (Å²) in [5.41, 5.74) is 3.27. The van der Waals surface area contributed by atoms with Gasteiger partial charge in [-0.05, 0) is 30.0 Å². The van der Waals surface area contributed by atoms with Crippen LogP contribution in [0.25, 0.3) is 4.96 Å². The maximum Gasteiger partial charge on any atom is 0.271 e. The molecule has 2 aromatic carbocycles. The van der Waals surface area contributed by atoms with Crippen molar-refractivity contribution in [1.82, 2.24) is 14.7 Å². The van der Waals surface area contributed by atoms with Crippen LogP contribution in [0.2, 0.25) is 0 Å². The molecule has 1 amide bonds. The normalized spacial score (nSPS) is 10.9. The Hall–Kier alpha value is -3.25. The number of nitrogens with one attached hydrogen (secondary N) is 1. The van der Waals surface area contributed by atoms with Gasteiger partial charge in [0.2, 0.25) is 0 Å². The van der Waals surface area contributed by atoms with Crippen LogP contribution in [0, 0.1) is 6.92 Å². The maximum absolute atomic E-state index is 12.8. The van der Waals surface area contributed by atoms with Crippen molar-refractivity contribution in [1.29, 1.82) is 0 Å². The lowest BCUT2D eigenvalue weighted by atomic mass is 10.1. The molecule has 6 heteroatoms. The van der Waals surface area contributed by atoms with E-state index in [1.54, 1.807) is 6.20 Å². The predicted octanol–water partition coefficient (Wildman–Crippen LogP) is 3.63. The van der Waals surface area contributed by atoms with Gasteiger partial charge in [-0.2, -0.15) is 0 Å². The molecule has 29 heavy (non-hydrogen) atoms. The fourth-order valence-electron chi connectivity index (χ4n) is 3.26. The first-order chi connectivity index (χ1) is 14.1. The first kappa shape index (κ1) is 19.1. The summed E-state index contributed by atoms with van der Waals surface area (Å²) in [4.78, 5) is 31.3. The van der Waals surface area contributed by atoms with Crippen molar-refractivity contribution >= 4 is 22.2 Å². The fourth-order valence-corrected chi connectivity index (χ4v) is 4.23. The zero-order valence-corrected chi connectivity index (χ0v) is 16.9. The second kappa shape index (κ2) is 8.41. The Morgan fingerprint density at radius 2 is 1.86 bits per heavy atom. The lowest BCUT2D eigenvalue weighted by Gasteiger charge is -2.07. The van der Waals surface area contributed by atoms with Crippen molar-refractivity contribution in [3.8, 4) is 0 Å². The van der Waals surface area contributed by atoms with Crippen LogP contribution in [0.4, 0.5) is 0 Å². The van der Waals surface area contributed by atoms with Crippen LogP contribution < -0.4 is 10.9 Å². The predicted molar refractivity (Wildman–Crippen MR) is 116 cm³/mol. The molecule has 0 saturated carbocycles. The summed E-state index contributed by atoms with van der Waals surface area (Å²) in [5.74, 6) is -0.388. The van der Waals surface area contributed by atoms with Crippen molar-refractivity contribution in [3.63, 3.8) is 0 Å². The molecule has 0 fully saturated rings. The van der Waals surface area contributed by atoms with Crippen LogP contribution in [-0.2, 0) is 12.8 Å². The maximum atomic E-state index is 12.8. The molecule has 5 nitrogen and oxygen atoms in total. The average Bonchev–Trinajstić information content (AvgIpc) is 3.14. The van der Waals surface area contributed by atoms with Crippen LogP contribution in [0.1, 0.15) is 31.9 Å². The number of carbonyl (C=O) groups excluding carboxylic acids is 1. The molecule has 0 radical (unpaired) electrons. The van der Waals surface area contributed by atoms with Gasteiger partial charge in [0.25, 0.3) is 11.5 Å². The van der Waals surface area contributed by atoms with Crippen LogP contribution in [-0.4, -0.2) is 21.8 Å². The van der Waals surface area contributed by atoms with Gasteiger partial charge >= 0.3 is 0 Å². The number of nitrogens with zero attached hydrogens (tertiary/aromatic N) is 2. The van der Waals surface area contributed by atoms with E-state index in [0.29, 0.717) is 11.5 Å². The van der Waals surface area contributed by atoms with E-state index >= 15 is 0 Å². The number of hydrogen-bond donors (Lipinski definition) is 1. The summed E-state index contributed by atoms with van der Waals surface area (Å²) in [5, 5.41) is 2.84. The van der Waals surface area contributed by atoms with Crippen molar-refractivity contribution in [2.75, 3.05) is 6.54 Å². The number of carbonyl (C=O) groups is 1. The number of thiazole rings is 1. The molecular weight excluding hydrogens is 382 g/mol.